The topological polar surface area (TPSA) is 34.1 Å². The second-order valence-electron chi connectivity index (χ2n) is 4.55. The van der Waals surface area contributed by atoms with Crippen LogP contribution in [-0.4, -0.2) is 17.7 Å². The first-order valence-corrected chi connectivity index (χ1v) is 5.01. The summed E-state index contributed by atoms with van der Waals surface area (Å²) < 4.78 is 13.3. The number of carbonyl (C=O) groups is 2. The highest BCUT2D eigenvalue weighted by molar-refractivity contribution is 6.07. The van der Waals surface area contributed by atoms with Gasteiger partial charge >= 0.3 is 0 Å². The van der Waals surface area contributed by atoms with Crippen molar-refractivity contribution in [3.05, 3.63) is 0 Å². The van der Waals surface area contributed by atoms with Gasteiger partial charge in [0.15, 0.2) is 11.6 Å². The van der Waals surface area contributed by atoms with Crippen molar-refractivity contribution in [3.8, 4) is 0 Å². The molecule has 2 nitrogen and oxygen atoms in total. The van der Waals surface area contributed by atoms with Crippen molar-refractivity contribution in [1.29, 1.82) is 0 Å². The van der Waals surface area contributed by atoms with Gasteiger partial charge in [0, 0.05) is 11.8 Å². The van der Waals surface area contributed by atoms with E-state index in [9.17, 15) is 14.0 Å². The SMILES string of the molecule is CCCCC(=O)C(F)C(=O)C(C)(C)C. The van der Waals surface area contributed by atoms with Crippen molar-refractivity contribution in [1.82, 2.24) is 0 Å². The maximum Gasteiger partial charge on any atom is 0.216 e. The van der Waals surface area contributed by atoms with Crippen LogP contribution in [0.5, 0.6) is 0 Å². The van der Waals surface area contributed by atoms with Crippen LogP contribution < -0.4 is 0 Å². The van der Waals surface area contributed by atoms with Crippen molar-refractivity contribution in [2.24, 2.45) is 5.41 Å². The lowest BCUT2D eigenvalue weighted by Gasteiger charge is -2.18. The fourth-order valence-corrected chi connectivity index (χ4v) is 1.00. The zero-order valence-electron chi connectivity index (χ0n) is 9.39. The fourth-order valence-electron chi connectivity index (χ4n) is 1.00. The largest absolute Gasteiger partial charge is 0.296 e. The third-order valence-electron chi connectivity index (χ3n) is 2.03. The predicted octanol–water partition coefficient (Wildman–Crippen LogP) is 2.70. The molecule has 0 heterocycles. The highest BCUT2D eigenvalue weighted by atomic mass is 19.1. The van der Waals surface area contributed by atoms with Crippen LogP contribution in [0.25, 0.3) is 0 Å². The highest BCUT2D eigenvalue weighted by Crippen LogP contribution is 2.19. The van der Waals surface area contributed by atoms with Gasteiger partial charge in [-0.25, -0.2) is 4.39 Å². The number of ketones is 2. The number of alkyl halides is 1. The molecule has 0 aliphatic heterocycles. The van der Waals surface area contributed by atoms with Crippen molar-refractivity contribution >= 4 is 11.6 Å². The van der Waals surface area contributed by atoms with Gasteiger partial charge in [-0.05, 0) is 6.42 Å². The van der Waals surface area contributed by atoms with E-state index in [1.54, 1.807) is 20.8 Å². The van der Waals surface area contributed by atoms with Crippen molar-refractivity contribution in [2.45, 2.75) is 53.1 Å². The van der Waals surface area contributed by atoms with Crippen LogP contribution in [-0.2, 0) is 9.59 Å². The van der Waals surface area contributed by atoms with Crippen LogP contribution in [0, 0.1) is 5.41 Å². The summed E-state index contributed by atoms with van der Waals surface area (Å²) in [5, 5.41) is 0. The summed E-state index contributed by atoms with van der Waals surface area (Å²) in [6.45, 7) is 6.78. The third kappa shape index (κ3) is 3.99. The maximum absolute atomic E-state index is 13.3. The molecule has 0 N–H and O–H groups in total. The lowest BCUT2D eigenvalue weighted by molar-refractivity contribution is -0.139. The Labute approximate surface area is 84.9 Å². The number of carbonyl (C=O) groups excluding carboxylic acids is 2. The molecule has 14 heavy (non-hydrogen) atoms. The maximum atomic E-state index is 13.3. The zero-order valence-corrected chi connectivity index (χ0v) is 9.39. The molecule has 0 aliphatic rings. The van der Waals surface area contributed by atoms with Crippen molar-refractivity contribution in [2.75, 3.05) is 0 Å². The highest BCUT2D eigenvalue weighted by Gasteiger charge is 2.33. The summed E-state index contributed by atoms with van der Waals surface area (Å²) in [6, 6.07) is 0. The first-order chi connectivity index (χ1) is 6.30. The average Bonchev–Trinajstić information content (AvgIpc) is 2.10. The normalized spacial score (nSPS) is 13.8. The monoisotopic (exact) mass is 202 g/mol. The summed E-state index contributed by atoms with van der Waals surface area (Å²) in [7, 11) is 0. The number of hydrogen-bond donors (Lipinski definition) is 0. The van der Waals surface area contributed by atoms with Crippen molar-refractivity contribution in [3.63, 3.8) is 0 Å². The molecule has 0 saturated heterocycles. The smallest absolute Gasteiger partial charge is 0.216 e. The number of rotatable bonds is 5. The Balaban J connectivity index is 4.26. The van der Waals surface area contributed by atoms with E-state index in [1.165, 1.54) is 0 Å². The number of halogens is 1. The summed E-state index contributed by atoms with van der Waals surface area (Å²) >= 11 is 0. The molecule has 0 rings (SSSR count). The second-order valence-corrected chi connectivity index (χ2v) is 4.55. The average molecular weight is 202 g/mol. The molecule has 0 radical (unpaired) electrons. The molecular formula is C11H19FO2. The van der Waals surface area contributed by atoms with Crippen LogP contribution in [0.4, 0.5) is 4.39 Å². The lowest BCUT2D eigenvalue weighted by Crippen LogP contribution is -2.35. The molecule has 0 aliphatic carbocycles. The van der Waals surface area contributed by atoms with Gasteiger partial charge in [-0.2, -0.15) is 0 Å². The molecule has 0 aromatic carbocycles. The number of unbranched alkanes of at least 4 members (excludes halogenated alkanes) is 1. The van der Waals surface area contributed by atoms with Crippen molar-refractivity contribution < 1.29 is 14.0 Å². The molecule has 3 heteroatoms. The molecule has 82 valence electrons. The Bertz CT molecular complexity index is 216. The lowest BCUT2D eigenvalue weighted by atomic mass is 9.86. The van der Waals surface area contributed by atoms with E-state index < -0.39 is 23.2 Å². The van der Waals surface area contributed by atoms with Gasteiger partial charge < -0.3 is 0 Å². The Morgan fingerprint density at radius 2 is 1.79 bits per heavy atom. The van der Waals surface area contributed by atoms with Gasteiger partial charge in [0.2, 0.25) is 6.17 Å². The van der Waals surface area contributed by atoms with Gasteiger partial charge in [-0.1, -0.05) is 34.1 Å². The molecule has 0 saturated carbocycles. The minimum Gasteiger partial charge on any atom is -0.296 e. The summed E-state index contributed by atoms with van der Waals surface area (Å²) in [5.74, 6) is -1.19. The van der Waals surface area contributed by atoms with E-state index in [0.29, 0.717) is 6.42 Å². The molecule has 0 amide bonds. The first-order valence-electron chi connectivity index (χ1n) is 5.01. The zero-order chi connectivity index (χ0) is 11.4. The predicted molar refractivity (Wildman–Crippen MR) is 53.9 cm³/mol. The van der Waals surface area contributed by atoms with E-state index in [1.807, 2.05) is 6.92 Å². The summed E-state index contributed by atoms with van der Waals surface area (Å²) in [4.78, 5) is 22.6. The minimum absolute atomic E-state index is 0.166. The Morgan fingerprint density at radius 1 is 1.29 bits per heavy atom. The van der Waals surface area contributed by atoms with Crippen LogP contribution in [0.3, 0.4) is 0 Å². The molecule has 0 bridgehead atoms. The molecule has 0 aromatic heterocycles. The number of hydrogen-bond acceptors (Lipinski definition) is 2. The van der Waals surface area contributed by atoms with E-state index in [0.717, 1.165) is 6.42 Å². The molecule has 0 fully saturated rings. The van der Waals surface area contributed by atoms with Crippen LogP contribution in [0.2, 0.25) is 0 Å². The quantitative estimate of drug-likeness (QED) is 0.642. The first kappa shape index (κ1) is 13.3. The Hall–Kier alpha value is -0.730. The summed E-state index contributed by atoms with van der Waals surface area (Å²) in [6.07, 6.45) is -0.278. The second kappa shape index (κ2) is 5.23. The third-order valence-corrected chi connectivity index (χ3v) is 2.03. The molecule has 1 atom stereocenters. The van der Waals surface area contributed by atoms with Crippen LogP contribution in [0.15, 0.2) is 0 Å². The van der Waals surface area contributed by atoms with E-state index in [2.05, 4.69) is 0 Å². The van der Waals surface area contributed by atoms with Gasteiger partial charge in [0.05, 0.1) is 0 Å². The van der Waals surface area contributed by atoms with Crippen LogP contribution >= 0.6 is 0 Å². The molecular weight excluding hydrogens is 183 g/mol. The van der Waals surface area contributed by atoms with E-state index >= 15 is 0 Å². The van der Waals surface area contributed by atoms with Gasteiger partial charge in [-0.15, -0.1) is 0 Å². The fraction of sp³-hybridized carbons (Fsp3) is 0.818. The van der Waals surface area contributed by atoms with Gasteiger partial charge in [0.25, 0.3) is 0 Å². The number of Topliss-reactive ketones (excluding diaryl/α,β-unsaturated/α-hetero) is 2. The Morgan fingerprint density at radius 3 is 2.14 bits per heavy atom. The van der Waals surface area contributed by atoms with Crippen LogP contribution in [0.1, 0.15) is 47.0 Å². The Kier molecular flexibility index (Phi) is 4.95. The van der Waals surface area contributed by atoms with E-state index in [-0.39, 0.29) is 6.42 Å². The standard InChI is InChI=1S/C11H19FO2/c1-5-6-7-8(13)9(12)10(14)11(2,3)4/h9H,5-7H2,1-4H3. The molecule has 0 spiro atoms. The van der Waals surface area contributed by atoms with Gasteiger partial charge in [0.1, 0.15) is 0 Å². The molecule has 0 aromatic rings. The van der Waals surface area contributed by atoms with E-state index in [4.69, 9.17) is 0 Å². The molecule has 1 unspecified atom stereocenters. The van der Waals surface area contributed by atoms with Gasteiger partial charge in [-0.3, -0.25) is 9.59 Å². The minimum atomic E-state index is -1.93. The summed E-state index contributed by atoms with van der Waals surface area (Å²) in [5.41, 5.74) is -0.776.